The summed E-state index contributed by atoms with van der Waals surface area (Å²) in [6.45, 7) is 3.23. The number of hydrogen-bond acceptors (Lipinski definition) is 4. The molecule has 2 rings (SSSR count). The van der Waals surface area contributed by atoms with E-state index in [1.807, 2.05) is 19.1 Å². The Kier molecular flexibility index (Phi) is 4.62. The van der Waals surface area contributed by atoms with Gasteiger partial charge < -0.3 is 24.5 Å². The first-order valence-corrected chi connectivity index (χ1v) is 6.48. The number of carbonyl (C=O) groups is 2. The molecule has 0 aromatic carbocycles. The second-order valence-corrected chi connectivity index (χ2v) is 4.61. The van der Waals surface area contributed by atoms with Gasteiger partial charge in [0.25, 0.3) is 0 Å². The molecule has 0 saturated carbocycles. The number of aliphatic carboxylic acids is 1. The zero-order chi connectivity index (χ0) is 14.5. The minimum Gasteiger partial charge on any atom is -0.481 e. The van der Waals surface area contributed by atoms with Crippen LogP contribution in [0.15, 0.2) is 16.5 Å². The monoisotopic (exact) mass is 282 g/mol. The fourth-order valence-electron chi connectivity index (χ4n) is 2.09. The molecule has 0 aliphatic carbocycles. The molecular weight excluding hydrogens is 264 g/mol. The highest BCUT2D eigenvalue weighted by Crippen LogP contribution is 2.25. The Labute approximate surface area is 116 Å². The number of furan rings is 1. The number of amides is 2. The van der Waals surface area contributed by atoms with Gasteiger partial charge in [-0.1, -0.05) is 0 Å². The fraction of sp³-hybridized carbons (Fsp3) is 0.538. The molecule has 1 aliphatic rings. The number of urea groups is 1. The van der Waals surface area contributed by atoms with Gasteiger partial charge in [0.2, 0.25) is 0 Å². The third-order valence-electron chi connectivity index (χ3n) is 3.09. The van der Waals surface area contributed by atoms with Gasteiger partial charge in [0, 0.05) is 13.1 Å². The van der Waals surface area contributed by atoms with Crippen molar-refractivity contribution in [2.75, 3.05) is 26.3 Å². The summed E-state index contributed by atoms with van der Waals surface area (Å²) in [5.74, 6) is 0.512. The van der Waals surface area contributed by atoms with Gasteiger partial charge in [-0.25, -0.2) is 4.79 Å². The molecule has 1 unspecified atom stereocenters. The van der Waals surface area contributed by atoms with Gasteiger partial charge in [-0.3, -0.25) is 4.79 Å². The number of carboxylic acids is 1. The van der Waals surface area contributed by atoms with Crippen LogP contribution in [0.3, 0.4) is 0 Å². The van der Waals surface area contributed by atoms with Crippen LogP contribution in [0.4, 0.5) is 4.79 Å². The van der Waals surface area contributed by atoms with Crippen molar-refractivity contribution >= 4 is 12.0 Å². The maximum absolute atomic E-state index is 12.1. The summed E-state index contributed by atoms with van der Waals surface area (Å²) in [5, 5.41) is 11.2. The normalized spacial score (nSPS) is 18.9. The summed E-state index contributed by atoms with van der Waals surface area (Å²) >= 11 is 0. The minimum absolute atomic E-state index is 0.0966. The topological polar surface area (TPSA) is 92.0 Å². The van der Waals surface area contributed by atoms with Gasteiger partial charge in [0.05, 0.1) is 19.6 Å². The molecule has 20 heavy (non-hydrogen) atoms. The molecule has 110 valence electrons. The zero-order valence-electron chi connectivity index (χ0n) is 11.3. The first-order chi connectivity index (χ1) is 9.58. The van der Waals surface area contributed by atoms with Crippen LogP contribution in [0, 0.1) is 6.92 Å². The average Bonchev–Trinajstić information content (AvgIpc) is 2.85. The molecule has 7 nitrogen and oxygen atoms in total. The van der Waals surface area contributed by atoms with Crippen molar-refractivity contribution < 1.29 is 23.8 Å². The standard InChI is InChI=1S/C13H18N2O5/c1-9-2-3-11(20-9)10-8-19-7-6-15(10)13(18)14-5-4-12(16)17/h2-3,10H,4-8H2,1H3,(H,14,18)(H,16,17). The first-order valence-electron chi connectivity index (χ1n) is 6.48. The van der Waals surface area contributed by atoms with Crippen LogP contribution >= 0.6 is 0 Å². The van der Waals surface area contributed by atoms with Gasteiger partial charge in [-0.05, 0) is 19.1 Å². The van der Waals surface area contributed by atoms with Gasteiger partial charge >= 0.3 is 12.0 Å². The smallest absolute Gasteiger partial charge is 0.318 e. The van der Waals surface area contributed by atoms with Crippen molar-refractivity contribution in [3.8, 4) is 0 Å². The summed E-state index contributed by atoms with van der Waals surface area (Å²) in [6, 6.07) is 3.09. The summed E-state index contributed by atoms with van der Waals surface area (Å²) in [5.41, 5.74) is 0. The number of rotatable bonds is 4. The lowest BCUT2D eigenvalue weighted by atomic mass is 10.2. The average molecular weight is 282 g/mol. The Bertz CT molecular complexity index is 485. The maximum atomic E-state index is 12.1. The maximum Gasteiger partial charge on any atom is 0.318 e. The number of carbonyl (C=O) groups excluding carboxylic acids is 1. The lowest BCUT2D eigenvalue weighted by Gasteiger charge is -2.34. The second-order valence-electron chi connectivity index (χ2n) is 4.61. The van der Waals surface area contributed by atoms with Crippen LogP contribution in [0.1, 0.15) is 24.0 Å². The van der Waals surface area contributed by atoms with Crippen molar-refractivity contribution in [2.45, 2.75) is 19.4 Å². The molecule has 2 heterocycles. The number of hydrogen-bond donors (Lipinski definition) is 2. The second kappa shape index (κ2) is 6.42. The molecule has 1 aromatic heterocycles. The van der Waals surface area contributed by atoms with Gasteiger partial charge in [0.15, 0.2) is 0 Å². The molecule has 0 radical (unpaired) electrons. The predicted molar refractivity (Wildman–Crippen MR) is 69.4 cm³/mol. The minimum atomic E-state index is -0.939. The lowest BCUT2D eigenvalue weighted by Crippen LogP contribution is -2.48. The Hall–Kier alpha value is -2.02. The van der Waals surface area contributed by atoms with E-state index in [0.717, 1.165) is 5.76 Å². The van der Waals surface area contributed by atoms with Crippen LogP contribution in [-0.4, -0.2) is 48.3 Å². The third-order valence-corrected chi connectivity index (χ3v) is 3.09. The molecule has 7 heteroatoms. The van der Waals surface area contributed by atoms with E-state index in [4.69, 9.17) is 14.3 Å². The quantitative estimate of drug-likeness (QED) is 0.864. The summed E-state index contributed by atoms with van der Waals surface area (Å²) in [6.07, 6.45) is -0.0966. The van der Waals surface area contributed by atoms with Crippen molar-refractivity contribution in [2.24, 2.45) is 0 Å². The molecule has 0 spiro atoms. The van der Waals surface area contributed by atoms with Gasteiger partial charge in [-0.15, -0.1) is 0 Å². The Balaban J connectivity index is 1.99. The van der Waals surface area contributed by atoms with E-state index in [-0.39, 0.29) is 25.0 Å². The number of aryl methyl sites for hydroxylation is 1. The van der Waals surface area contributed by atoms with Crippen LogP contribution < -0.4 is 5.32 Å². The SMILES string of the molecule is Cc1ccc(C2COCCN2C(=O)NCCC(=O)O)o1. The largest absolute Gasteiger partial charge is 0.481 e. The van der Waals surface area contributed by atoms with E-state index in [9.17, 15) is 9.59 Å². The summed E-state index contributed by atoms with van der Waals surface area (Å²) < 4.78 is 10.9. The first kappa shape index (κ1) is 14.4. The number of carboxylic acid groups (broad SMARTS) is 1. The Morgan fingerprint density at radius 2 is 2.30 bits per heavy atom. The van der Waals surface area contributed by atoms with Crippen molar-refractivity contribution in [1.29, 1.82) is 0 Å². The number of morpholine rings is 1. The van der Waals surface area contributed by atoms with Crippen molar-refractivity contribution in [3.63, 3.8) is 0 Å². The van der Waals surface area contributed by atoms with Crippen LogP contribution in [0.5, 0.6) is 0 Å². The Morgan fingerprint density at radius 1 is 1.50 bits per heavy atom. The highest BCUT2D eigenvalue weighted by atomic mass is 16.5. The highest BCUT2D eigenvalue weighted by Gasteiger charge is 2.30. The van der Waals surface area contributed by atoms with Gasteiger partial charge in [0.1, 0.15) is 17.6 Å². The zero-order valence-corrected chi connectivity index (χ0v) is 11.3. The van der Waals surface area contributed by atoms with E-state index in [1.54, 1.807) is 4.90 Å². The fourth-order valence-corrected chi connectivity index (χ4v) is 2.09. The molecule has 1 saturated heterocycles. The van der Waals surface area contributed by atoms with Crippen molar-refractivity contribution in [3.05, 3.63) is 23.7 Å². The Morgan fingerprint density at radius 3 is 2.95 bits per heavy atom. The van der Waals surface area contributed by atoms with Crippen LogP contribution in [0.25, 0.3) is 0 Å². The number of ether oxygens (including phenoxy) is 1. The molecular formula is C13H18N2O5. The molecule has 2 N–H and O–H groups in total. The summed E-state index contributed by atoms with van der Waals surface area (Å²) in [4.78, 5) is 24.2. The van der Waals surface area contributed by atoms with Crippen LogP contribution in [-0.2, 0) is 9.53 Å². The van der Waals surface area contributed by atoms with E-state index < -0.39 is 5.97 Å². The number of nitrogens with zero attached hydrogens (tertiary/aromatic N) is 1. The van der Waals surface area contributed by atoms with Crippen LogP contribution in [0.2, 0.25) is 0 Å². The molecule has 1 aromatic rings. The molecule has 1 fully saturated rings. The third kappa shape index (κ3) is 3.51. The predicted octanol–water partition coefficient (Wildman–Crippen LogP) is 1.15. The van der Waals surface area contributed by atoms with E-state index in [0.29, 0.717) is 25.5 Å². The van der Waals surface area contributed by atoms with Gasteiger partial charge in [-0.2, -0.15) is 0 Å². The molecule has 0 bridgehead atoms. The van der Waals surface area contributed by atoms with Crippen molar-refractivity contribution in [1.82, 2.24) is 10.2 Å². The molecule has 2 amide bonds. The van der Waals surface area contributed by atoms with E-state index in [2.05, 4.69) is 5.32 Å². The lowest BCUT2D eigenvalue weighted by molar-refractivity contribution is -0.136. The van der Waals surface area contributed by atoms with E-state index >= 15 is 0 Å². The summed E-state index contributed by atoms with van der Waals surface area (Å²) in [7, 11) is 0. The molecule has 1 aliphatic heterocycles. The van der Waals surface area contributed by atoms with E-state index in [1.165, 1.54) is 0 Å². The highest BCUT2D eigenvalue weighted by molar-refractivity contribution is 5.75. The number of nitrogens with one attached hydrogen (secondary N) is 1. The molecule has 1 atom stereocenters.